The van der Waals surface area contributed by atoms with E-state index in [1.165, 1.54) is 10.9 Å². The summed E-state index contributed by atoms with van der Waals surface area (Å²) in [5.41, 5.74) is 2.57. The molecule has 0 atom stereocenters. The molecule has 17 heavy (non-hydrogen) atoms. The zero-order valence-electron chi connectivity index (χ0n) is 10.4. The van der Waals surface area contributed by atoms with Crippen LogP contribution in [0.15, 0.2) is 54.6 Å². The normalized spacial score (nSPS) is 10.0. The zero-order chi connectivity index (χ0) is 12.1. The third-order valence-electron chi connectivity index (χ3n) is 2.98. The Balaban J connectivity index is 2.33. The standard InChI is InChI=1S/C15H17BO/c1-3-17-15-12-8-7-11-14(15)16(2)13-9-5-4-6-10-13/h4-12H,3H2,1-2H3. The van der Waals surface area contributed by atoms with Gasteiger partial charge in [0.25, 0.3) is 0 Å². The van der Waals surface area contributed by atoms with Gasteiger partial charge in [-0.3, -0.25) is 0 Å². The van der Waals surface area contributed by atoms with Crippen LogP contribution in [0.5, 0.6) is 5.75 Å². The molecule has 86 valence electrons. The van der Waals surface area contributed by atoms with Crippen LogP contribution in [-0.2, 0) is 0 Å². The third-order valence-corrected chi connectivity index (χ3v) is 2.98. The van der Waals surface area contributed by atoms with Gasteiger partial charge in [0.2, 0.25) is 6.71 Å². The fourth-order valence-corrected chi connectivity index (χ4v) is 2.05. The van der Waals surface area contributed by atoms with E-state index in [2.05, 4.69) is 43.2 Å². The molecule has 0 fully saturated rings. The van der Waals surface area contributed by atoms with E-state index in [0.717, 1.165) is 5.75 Å². The average molecular weight is 224 g/mol. The molecule has 0 heterocycles. The van der Waals surface area contributed by atoms with Crippen LogP contribution in [0.3, 0.4) is 0 Å². The number of ether oxygens (including phenoxy) is 1. The first kappa shape index (κ1) is 11.8. The van der Waals surface area contributed by atoms with Gasteiger partial charge >= 0.3 is 0 Å². The largest absolute Gasteiger partial charge is 0.494 e. The van der Waals surface area contributed by atoms with Crippen molar-refractivity contribution in [2.75, 3.05) is 6.61 Å². The molecular weight excluding hydrogens is 207 g/mol. The molecule has 2 rings (SSSR count). The summed E-state index contributed by atoms with van der Waals surface area (Å²) in [6.45, 7) is 5.30. The van der Waals surface area contributed by atoms with Crippen LogP contribution in [0.1, 0.15) is 6.92 Å². The number of benzene rings is 2. The molecule has 1 nitrogen and oxygen atoms in total. The van der Waals surface area contributed by atoms with Gasteiger partial charge in [0, 0.05) is 0 Å². The summed E-state index contributed by atoms with van der Waals surface area (Å²) in [4.78, 5) is 0. The van der Waals surface area contributed by atoms with Crippen molar-refractivity contribution in [3.05, 3.63) is 54.6 Å². The second-order valence-corrected chi connectivity index (χ2v) is 4.10. The second kappa shape index (κ2) is 5.58. The van der Waals surface area contributed by atoms with Crippen LogP contribution in [0, 0.1) is 0 Å². The molecule has 2 aromatic rings. The molecule has 0 N–H and O–H groups in total. The zero-order valence-corrected chi connectivity index (χ0v) is 10.4. The fraction of sp³-hybridized carbons (Fsp3) is 0.200. The quantitative estimate of drug-likeness (QED) is 0.724. The molecule has 0 saturated heterocycles. The van der Waals surface area contributed by atoms with E-state index >= 15 is 0 Å². The van der Waals surface area contributed by atoms with Crippen molar-refractivity contribution < 1.29 is 4.74 Å². The Morgan fingerprint density at radius 2 is 1.59 bits per heavy atom. The van der Waals surface area contributed by atoms with Gasteiger partial charge in [0.15, 0.2) is 0 Å². The van der Waals surface area contributed by atoms with Gasteiger partial charge in [-0.05, 0) is 18.5 Å². The number of rotatable bonds is 4. The molecule has 0 unspecified atom stereocenters. The molecule has 0 radical (unpaired) electrons. The lowest BCUT2D eigenvalue weighted by molar-refractivity contribution is 0.343. The van der Waals surface area contributed by atoms with Gasteiger partial charge in [0.05, 0.1) is 6.61 Å². The first-order chi connectivity index (χ1) is 8.33. The van der Waals surface area contributed by atoms with Crippen molar-refractivity contribution >= 4 is 17.6 Å². The highest BCUT2D eigenvalue weighted by Crippen LogP contribution is 2.08. The minimum absolute atomic E-state index is 0.360. The molecule has 2 aromatic carbocycles. The summed E-state index contributed by atoms with van der Waals surface area (Å²) in [6.07, 6.45) is 0. The van der Waals surface area contributed by atoms with E-state index < -0.39 is 0 Å². The van der Waals surface area contributed by atoms with Crippen LogP contribution >= 0.6 is 0 Å². The monoisotopic (exact) mass is 224 g/mol. The van der Waals surface area contributed by atoms with Gasteiger partial charge in [-0.2, -0.15) is 0 Å². The smallest absolute Gasteiger partial charge is 0.211 e. The van der Waals surface area contributed by atoms with E-state index in [-0.39, 0.29) is 0 Å². The highest BCUT2D eigenvalue weighted by atomic mass is 16.5. The van der Waals surface area contributed by atoms with E-state index in [0.29, 0.717) is 13.3 Å². The predicted octanol–water partition coefficient (Wildman–Crippen LogP) is 2.32. The molecule has 0 bridgehead atoms. The third kappa shape index (κ3) is 2.70. The highest BCUT2D eigenvalue weighted by Gasteiger charge is 2.16. The first-order valence-corrected chi connectivity index (χ1v) is 6.09. The van der Waals surface area contributed by atoms with Gasteiger partial charge < -0.3 is 4.74 Å². The SMILES string of the molecule is CCOc1ccccc1B(C)c1ccccc1. The summed E-state index contributed by atoms with van der Waals surface area (Å²) in [7, 11) is 0. The van der Waals surface area contributed by atoms with Crippen molar-refractivity contribution in [2.45, 2.75) is 13.7 Å². The Bertz CT molecular complexity index is 467. The van der Waals surface area contributed by atoms with Gasteiger partial charge in [0.1, 0.15) is 5.75 Å². The Morgan fingerprint density at radius 3 is 2.29 bits per heavy atom. The van der Waals surface area contributed by atoms with Gasteiger partial charge in [-0.15, -0.1) is 0 Å². The highest BCUT2D eigenvalue weighted by molar-refractivity contribution is 6.84. The summed E-state index contributed by atoms with van der Waals surface area (Å²) >= 11 is 0. The topological polar surface area (TPSA) is 9.23 Å². The molecular formula is C15H17BO. The maximum absolute atomic E-state index is 5.68. The number of para-hydroxylation sites is 1. The lowest BCUT2D eigenvalue weighted by Crippen LogP contribution is -2.39. The van der Waals surface area contributed by atoms with Crippen LogP contribution in [-0.4, -0.2) is 13.3 Å². The Kier molecular flexibility index (Phi) is 3.87. The molecule has 0 amide bonds. The van der Waals surface area contributed by atoms with Gasteiger partial charge in [-0.25, -0.2) is 0 Å². The van der Waals surface area contributed by atoms with Crippen LogP contribution in [0.2, 0.25) is 6.82 Å². The Morgan fingerprint density at radius 1 is 0.941 bits per heavy atom. The van der Waals surface area contributed by atoms with Crippen molar-refractivity contribution in [3.8, 4) is 5.75 Å². The molecule has 0 aliphatic heterocycles. The first-order valence-electron chi connectivity index (χ1n) is 6.09. The Labute approximate surface area is 104 Å². The minimum atomic E-state index is 0.360. The molecule has 0 saturated carbocycles. The van der Waals surface area contributed by atoms with Crippen molar-refractivity contribution in [1.29, 1.82) is 0 Å². The lowest BCUT2D eigenvalue weighted by atomic mass is 9.42. The maximum Gasteiger partial charge on any atom is 0.211 e. The molecule has 2 heteroatoms. The number of hydrogen-bond donors (Lipinski definition) is 0. The lowest BCUT2D eigenvalue weighted by Gasteiger charge is -2.14. The molecule has 0 spiro atoms. The summed E-state index contributed by atoms with van der Waals surface area (Å²) < 4.78 is 5.68. The van der Waals surface area contributed by atoms with Gasteiger partial charge in [-0.1, -0.05) is 60.8 Å². The molecule has 0 aliphatic carbocycles. The fourth-order valence-electron chi connectivity index (χ4n) is 2.05. The predicted molar refractivity (Wildman–Crippen MR) is 74.9 cm³/mol. The van der Waals surface area contributed by atoms with E-state index in [4.69, 9.17) is 4.74 Å². The van der Waals surface area contributed by atoms with E-state index in [1.54, 1.807) is 0 Å². The van der Waals surface area contributed by atoms with Crippen molar-refractivity contribution in [3.63, 3.8) is 0 Å². The molecule has 0 aromatic heterocycles. The van der Waals surface area contributed by atoms with Crippen LogP contribution in [0.25, 0.3) is 0 Å². The van der Waals surface area contributed by atoms with Crippen LogP contribution in [0.4, 0.5) is 0 Å². The summed E-state index contributed by atoms with van der Waals surface area (Å²) in [5, 5.41) is 0. The molecule has 0 aliphatic rings. The summed E-state index contributed by atoms with van der Waals surface area (Å²) in [5.74, 6) is 0.992. The van der Waals surface area contributed by atoms with Crippen molar-refractivity contribution in [2.24, 2.45) is 0 Å². The maximum atomic E-state index is 5.68. The van der Waals surface area contributed by atoms with Crippen molar-refractivity contribution in [1.82, 2.24) is 0 Å². The second-order valence-electron chi connectivity index (χ2n) is 4.10. The van der Waals surface area contributed by atoms with E-state index in [1.807, 2.05) is 25.1 Å². The summed E-state index contributed by atoms with van der Waals surface area (Å²) in [6, 6.07) is 18.8. The van der Waals surface area contributed by atoms with E-state index in [9.17, 15) is 0 Å². The van der Waals surface area contributed by atoms with Crippen LogP contribution < -0.4 is 15.7 Å². The average Bonchev–Trinajstić information content (AvgIpc) is 2.40. The Hall–Kier alpha value is -1.70. The minimum Gasteiger partial charge on any atom is -0.494 e. The number of hydrogen-bond acceptors (Lipinski definition) is 1.